The van der Waals surface area contributed by atoms with Crippen LogP contribution in [0.3, 0.4) is 0 Å². The molecular weight excluding hydrogens is 310 g/mol. The van der Waals surface area contributed by atoms with Gasteiger partial charge in [0, 0.05) is 29.4 Å². The van der Waals surface area contributed by atoms with E-state index in [1.807, 2.05) is 0 Å². The van der Waals surface area contributed by atoms with E-state index in [1.165, 1.54) is 12.3 Å². The molecule has 0 unspecified atom stereocenters. The predicted octanol–water partition coefficient (Wildman–Crippen LogP) is 3.08. The molecule has 0 aliphatic rings. The number of nitrogens with one attached hydrogen (secondary N) is 1. The monoisotopic (exact) mass is 319 g/mol. The third-order valence-electron chi connectivity index (χ3n) is 2.93. The Kier molecular flexibility index (Phi) is 3.48. The molecule has 7 heteroatoms. The van der Waals surface area contributed by atoms with E-state index in [2.05, 4.69) is 14.7 Å². The van der Waals surface area contributed by atoms with Gasteiger partial charge in [-0.15, -0.1) is 0 Å². The fourth-order valence-electron chi connectivity index (χ4n) is 1.99. The number of hydrogen-bond donors (Lipinski definition) is 1. The third kappa shape index (κ3) is 2.68. The molecule has 2 heterocycles. The lowest BCUT2D eigenvalue weighted by Crippen LogP contribution is -2.14. The Hall–Kier alpha value is -2.18. The van der Waals surface area contributed by atoms with Crippen molar-refractivity contribution >= 4 is 38.1 Å². The summed E-state index contributed by atoms with van der Waals surface area (Å²) in [5, 5.41) is 1.45. The van der Waals surface area contributed by atoms with Gasteiger partial charge in [-0.2, -0.15) is 0 Å². The van der Waals surface area contributed by atoms with Crippen LogP contribution in [-0.2, 0) is 10.0 Å². The summed E-state index contributed by atoms with van der Waals surface area (Å²) < 4.78 is 27.6. The molecule has 3 rings (SSSR count). The van der Waals surface area contributed by atoms with Crippen LogP contribution in [0.4, 0.5) is 5.69 Å². The van der Waals surface area contributed by atoms with Crippen molar-refractivity contribution in [2.45, 2.75) is 4.90 Å². The van der Waals surface area contributed by atoms with Crippen molar-refractivity contribution in [1.29, 1.82) is 0 Å². The van der Waals surface area contributed by atoms with Crippen LogP contribution in [0.1, 0.15) is 0 Å². The highest BCUT2D eigenvalue weighted by Crippen LogP contribution is 2.26. The van der Waals surface area contributed by atoms with Gasteiger partial charge >= 0.3 is 0 Å². The van der Waals surface area contributed by atoms with Crippen molar-refractivity contribution in [3.63, 3.8) is 0 Å². The second-order valence-corrected chi connectivity index (χ2v) is 6.31. The van der Waals surface area contributed by atoms with Crippen molar-refractivity contribution in [3.8, 4) is 0 Å². The molecule has 0 fully saturated rings. The number of sulfonamides is 1. The third-order valence-corrected chi connectivity index (χ3v) is 4.66. The topological polar surface area (TPSA) is 72.0 Å². The fraction of sp³-hybridized carbons (Fsp3) is 0. The summed E-state index contributed by atoms with van der Waals surface area (Å²) in [6, 6.07) is 9.84. The van der Waals surface area contributed by atoms with Gasteiger partial charge in [0.05, 0.1) is 10.6 Å². The summed E-state index contributed by atoms with van der Waals surface area (Å²) in [7, 11) is -3.76. The van der Waals surface area contributed by atoms with E-state index in [0.29, 0.717) is 5.39 Å². The molecule has 1 N–H and O–H groups in total. The van der Waals surface area contributed by atoms with Crippen LogP contribution in [0.15, 0.2) is 59.9 Å². The molecule has 0 atom stereocenters. The maximum absolute atomic E-state index is 12.5. The standard InChI is InChI=1S/C14H10ClN3O2S/c15-14-12(4-2-7-17-14)18-21(19,20)13-5-1-3-10-9-16-8-6-11(10)13/h1-9,18H. The maximum Gasteiger partial charge on any atom is 0.262 e. The Morgan fingerprint density at radius 3 is 2.71 bits per heavy atom. The lowest BCUT2D eigenvalue weighted by atomic mass is 10.2. The Morgan fingerprint density at radius 2 is 1.90 bits per heavy atom. The minimum Gasteiger partial charge on any atom is -0.276 e. The van der Waals surface area contributed by atoms with Gasteiger partial charge in [0.15, 0.2) is 5.15 Å². The van der Waals surface area contributed by atoms with Crippen LogP contribution < -0.4 is 4.72 Å². The quantitative estimate of drug-likeness (QED) is 0.753. The Balaban J connectivity index is 2.11. The zero-order valence-electron chi connectivity index (χ0n) is 10.7. The van der Waals surface area contributed by atoms with Gasteiger partial charge in [0.2, 0.25) is 0 Å². The van der Waals surface area contributed by atoms with Crippen molar-refractivity contribution in [3.05, 3.63) is 60.1 Å². The number of rotatable bonds is 3. The highest BCUT2D eigenvalue weighted by molar-refractivity contribution is 7.93. The van der Waals surface area contributed by atoms with Crippen LogP contribution in [0, 0.1) is 0 Å². The van der Waals surface area contributed by atoms with E-state index in [1.54, 1.807) is 42.7 Å². The molecule has 3 aromatic rings. The van der Waals surface area contributed by atoms with Gasteiger partial charge in [-0.25, -0.2) is 13.4 Å². The van der Waals surface area contributed by atoms with Gasteiger partial charge in [0.1, 0.15) is 0 Å². The smallest absolute Gasteiger partial charge is 0.262 e. The number of hydrogen-bond acceptors (Lipinski definition) is 4. The molecule has 21 heavy (non-hydrogen) atoms. The SMILES string of the molecule is O=S(=O)(Nc1cccnc1Cl)c1cccc2cnccc12. The number of aromatic nitrogens is 2. The zero-order chi connectivity index (χ0) is 14.9. The number of anilines is 1. The normalized spacial score (nSPS) is 11.5. The molecule has 1 aromatic carbocycles. The highest BCUT2D eigenvalue weighted by Gasteiger charge is 2.18. The summed E-state index contributed by atoms with van der Waals surface area (Å²) >= 11 is 5.89. The number of benzene rings is 1. The van der Waals surface area contributed by atoms with E-state index < -0.39 is 10.0 Å². The van der Waals surface area contributed by atoms with Crippen molar-refractivity contribution < 1.29 is 8.42 Å². The molecule has 0 amide bonds. The second kappa shape index (κ2) is 5.31. The van der Waals surface area contributed by atoms with Crippen LogP contribution in [-0.4, -0.2) is 18.4 Å². The summed E-state index contributed by atoms with van der Waals surface area (Å²) in [5.74, 6) is 0. The number of fused-ring (bicyclic) bond motifs is 1. The van der Waals surface area contributed by atoms with Gasteiger partial charge in [-0.05, 0) is 24.3 Å². The van der Waals surface area contributed by atoms with Gasteiger partial charge in [0.25, 0.3) is 10.0 Å². The second-order valence-electron chi connectivity index (χ2n) is 4.30. The lowest BCUT2D eigenvalue weighted by Gasteiger charge is -2.10. The molecule has 5 nitrogen and oxygen atoms in total. The number of nitrogens with zero attached hydrogens (tertiary/aromatic N) is 2. The van der Waals surface area contributed by atoms with E-state index in [0.717, 1.165) is 5.39 Å². The average molecular weight is 320 g/mol. The maximum atomic E-state index is 12.5. The first kappa shape index (κ1) is 13.8. The van der Waals surface area contributed by atoms with Crippen LogP contribution in [0.5, 0.6) is 0 Å². The average Bonchev–Trinajstić information content (AvgIpc) is 2.49. The molecule has 0 saturated carbocycles. The molecule has 0 bridgehead atoms. The van der Waals surface area contributed by atoms with Crippen molar-refractivity contribution in [2.24, 2.45) is 0 Å². The molecule has 0 radical (unpaired) electrons. The molecule has 0 aliphatic heterocycles. The Labute approximate surface area is 126 Å². The first-order valence-corrected chi connectivity index (χ1v) is 7.90. The van der Waals surface area contributed by atoms with Crippen molar-refractivity contribution in [2.75, 3.05) is 4.72 Å². The molecule has 106 valence electrons. The first-order valence-electron chi connectivity index (χ1n) is 6.04. The summed E-state index contributed by atoms with van der Waals surface area (Å²) in [5.41, 5.74) is 0.241. The highest BCUT2D eigenvalue weighted by atomic mass is 35.5. The lowest BCUT2D eigenvalue weighted by molar-refractivity contribution is 0.602. The van der Waals surface area contributed by atoms with Gasteiger partial charge < -0.3 is 0 Å². The molecule has 0 saturated heterocycles. The minimum atomic E-state index is -3.76. The Morgan fingerprint density at radius 1 is 1.05 bits per heavy atom. The largest absolute Gasteiger partial charge is 0.276 e. The van der Waals surface area contributed by atoms with E-state index in [9.17, 15) is 8.42 Å². The molecular formula is C14H10ClN3O2S. The number of pyridine rings is 2. The van der Waals surface area contributed by atoms with Gasteiger partial charge in [-0.3, -0.25) is 9.71 Å². The zero-order valence-corrected chi connectivity index (χ0v) is 12.3. The predicted molar refractivity (Wildman–Crippen MR) is 81.8 cm³/mol. The first-order chi connectivity index (χ1) is 10.1. The fourth-order valence-corrected chi connectivity index (χ4v) is 3.51. The van der Waals surface area contributed by atoms with Gasteiger partial charge in [-0.1, -0.05) is 23.7 Å². The molecule has 0 spiro atoms. The summed E-state index contributed by atoms with van der Waals surface area (Å²) in [4.78, 5) is 8.00. The summed E-state index contributed by atoms with van der Waals surface area (Å²) in [6.07, 6.45) is 4.66. The number of halogens is 1. The Bertz CT molecular complexity index is 907. The van der Waals surface area contributed by atoms with E-state index >= 15 is 0 Å². The van der Waals surface area contributed by atoms with Crippen LogP contribution >= 0.6 is 11.6 Å². The van der Waals surface area contributed by atoms with E-state index in [4.69, 9.17) is 11.6 Å². The minimum absolute atomic E-state index is 0.1000. The summed E-state index contributed by atoms with van der Waals surface area (Å²) in [6.45, 7) is 0. The van der Waals surface area contributed by atoms with Crippen LogP contribution in [0.25, 0.3) is 10.8 Å². The molecule has 0 aliphatic carbocycles. The van der Waals surface area contributed by atoms with Crippen molar-refractivity contribution in [1.82, 2.24) is 9.97 Å². The van der Waals surface area contributed by atoms with Crippen LogP contribution in [0.2, 0.25) is 5.15 Å². The van der Waals surface area contributed by atoms with E-state index in [-0.39, 0.29) is 15.7 Å². The molecule has 2 aromatic heterocycles.